The van der Waals surface area contributed by atoms with Crippen LogP contribution in [-0.4, -0.2) is 5.91 Å². The summed E-state index contributed by atoms with van der Waals surface area (Å²) in [4.78, 5) is 25.1. The number of carbonyl (C=O) groups is 1. The van der Waals surface area contributed by atoms with Crippen LogP contribution in [0.25, 0.3) is 21.9 Å². The van der Waals surface area contributed by atoms with Gasteiger partial charge in [-0.3, -0.25) is 4.79 Å². The molecule has 0 bridgehead atoms. The Kier molecular flexibility index (Phi) is 4.94. The van der Waals surface area contributed by atoms with Crippen LogP contribution in [0.15, 0.2) is 44.0 Å². The van der Waals surface area contributed by atoms with Crippen LogP contribution in [0, 0.1) is 33.5 Å². The van der Waals surface area contributed by atoms with Crippen molar-refractivity contribution in [1.82, 2.24) is 5.32 Å². The molecule has 2 aromatic carbocycles. The fraction of sp³-hybridized carbons (Fsp3) is 0.250. The molecule has 30 heavy (non-hydrogen) atoms. The molecule has 0 atom stereocenters. The summed E-state index contributed by atoms with van der Waals surface area (Å²) in [6, 6.07) is 7.72. The van der Waals surface area contributed by atoms with Crippen LogP contribution in [0.3, 0.4) is 0 Å². The zero-order chi connectivity index (χ0) is 21.6. The Morgan fingerprint density at radius 2 is 1.70 bits per heavy atom. The van der Waals surface area contributed by atoms with Crippen molar-refractivity contribution in [1.29, 1.82) is 0 Å². The van der Waals surface area contributed by atoms with Gasteiger partial charge in [0.05, 0.1) is 17.4 Å². The molecule has 0 spiro atoms. The summed E-state index contributed by atoms with van der Waals surface area (Å²) in [6.07, 6.45) is -0.112. The van der Waals surface area contributed by atoms with Crippen molar-refractivity contribution >= 4 is 27.8 Å². The highest BCUT2D eigenvalue weighted by Crippen LogP contribution is 2.36. The minimum absolute atomic E-state index is 0.112. The predicted octanol–water partition coefficient (Wildman–Crippen LogP) is 4.77. The molecule has 4 rings (SSSR count). The summed E-state index contributed by atoms with van der Waals surface area (Å²) in [5.41, 5.74) is 4.36. The summed E-state index contributed by atoms with van der Waals surface area (Å²) in [7, 11) is 0. The van der Waals surface area contributed by atoms with E-state index >= 15 is 0 Å². The number of furan rings is 1. The van der Waals surface area contributed by atoms with Gasteiger partial charge in [0.1, 0.15) is 22.7 Å². The SMILES string of the molecule is Cc1oc2c(c(C)cc3oc(=O)c(CC(=O)NCc4ccc(F)cc4)c(C)c32)c1C. The number of rotatable bonds is 4. The van der Waals surface area contributed by atoms with Crippen LogP contribution in [0.2, 0.25) is 0 Å². The van der Waals surface area contributed by atoms with Crippen LogP contribution < -0.4 is 10.9 Å². The second kappa shape index (κ2) is 7.44. The summed E-state index contributed by atoms with van der Waals surface area (Å²) in [5, 5.41) is 4.48. The predicted molar refractivity (Wildman–Crippen MR) is 113 cm³/mol. The molecule has 0 unspecified atom stereocenters. The molecule has 0 aliphatic heterocycles. The van der Waals surface area contributed by atoms with Crippen LogP contribution in [0.4, 0.5) is 4.39 Å². The smallest absolute Gasteiger partial charge is 0.340 e. The zero-order valence-corrected chi connectivity index (χ0v) is 17.3. The standard InChI is InChI=1S/C24H22FNO4/c1-12-9-19-22(23-21(12)13(2)15(4)29-23)14(3)18(24(28)30-19)10-20(27)26-11-16-5-7-17(25)8-6-16/h5-9H,10-11H2,1-4H3,(H,26,27). The number of benzene rings is 2. The van der Waals surface area contributed by atoms with Crippen molar-refractivity contribution in [3.8, 4) is 0 Å². The lowest BCUT2D eigenvalue weighted by molar-refractivity contribution is -0.120. The van der Waals surface area contributed by atoms with Crippen molar-refractivity contribution in [3.63, 3.8) is 0 Å². The van der Waals surface area contributed by atoms with Gasteiger partial charge >= 0.3 is 5.63 Å². The molecule has 0 fully saturated rings. The summed E-state index contributed by atoms with van der Waals surface area (Å²) >= 11 is 0. The van der Waals surface area contributed by atoms with E-state index in [1.807, 2.05) is 33.8 Å². The molecule has 0 aliphatic carbocycles. The van der Waals surface area contributed by atoms with Gasteiger partial charge in [0.15, 0.2) is 0 Å². The molecule has 2 heterocycles. The number of nitrogens with one attached hydrogen (secondary N) is 1. The second-order valence-electron chi connectivity index (χ2n) is 7.63. The van der Waals surface area contributed by atoms with Gasteiger partial charge < -0.3 is 14.2 Å². The van der Waals surface area contributed by atoms with Crippen LogP contribution in [-0.2, 0) is 17.8 Å². The molecule has 0 saturated heterocycles. The molecule has 0 radical (unpaired) electrons. The third-order valence-corrected chi connectivity index (χ3v) is 5.62. The van der Waals surface area contributed by atoms with Crippen molar-refractivity contribution < 1.29 is 18.0 Å². The molecule has 154 valence electrons. The maximum atomic E-state index is 13.0. The van der Waals surface area contributed by atoms with Gasteiger partial charge in [0.25, 0.3) is 0 Å². The van der Waals surface area contributed by atoms with Gasteiger partial charge in [0.2, 0.25) is 5.91 Å². The average Bonchev–Trinajstić information content (AvgIpc) is 2.99. The fourth-order valence-corrected chi connectivity index (χ4v) is 3.86. The summed E-state index contributed by atoms with van der Waals surface area (Å²) in [6.45, 7) is 7.91. The van der Waals surface area contributed by atoms with E-state index in [1.54, 1.807) is 12.1 Å². The first-order chi connectivity index (χ1) is 14.3. The minimum atomic E-state index is -0.532. The molecular weight excluding hydrogens is 385 g/mol. The Balaban J connectivity index is 1.70. The molecule has 6 heteroatoms. The third kappa shape index (κ3) is 3.38. The average molecular weight is 407 g/mol. The molecule has 1 N–H and O–H groups in total. The lowest BCUT2D eigenvalue weighted by Gasteiger charge is -2.10. The molecule has 2 aromatic heterocycles. The van der Waals surface area contributed by atoms with E-state index in [1.165, 1.54) is 12.1 Å². The molecular formula is C24H22FNO4. The van der Waals surface area contributed by atoms with E-state index in [0.29, 0.717) is 27.7 Å². The monoisotopic (exact) mass is 407 g/mol. The highest BCUT2D eigenvalue weighted by molar-refractivity contribution is 6.07. The van der Waals surface area contributed by atoms with E-state index in [-0.39, 0.29) is 24.7 Å². The van der Waals surface area contributed by atoms with Crippen LogP contribution >= 0.6 is 0 Å². The Hall–Kier alpha value is -3.41. The van der Waals surface area contributed by atoms with Crippen molar-refractivity contribution in [2.45, 2.75) is 40.7 Å². The lowest BCUT2D eigenvalue weighted by Crippen LogP contribution is -2.27. The first kappa shape index (κ1) is 19.9. The zero-order valence-electron chi connectivity index (χ0n) is 17.3. The number of carbonyl (C=O) groups excluding carboxylic acids is 1. The van der Waals surface area contributed by atoms with Crippen LogP contribution in [0.5, 0.6) is 0 Å². The number of hydrogen-bond acceptors (Lipinski definition) is 4. The maximum Gasteiger partial charge on any atom is 0.340 e. The van der Waals surface area contributed by atoms with E-state index in [9.17, 15) is 14.0 Å². The summed E-state index contributed by atoms with van der Waals surface area (Å²) in [5.74, 6) is 0.161. The first-order valence-corrected chi connectivity index (χ1v) is 9.73. The number of aryl methyl sites for hydroxylation is 4. The van der Waals surface area contributed by atoms with Gasteiger partial charge in [-0.05, 0) is 68.1 Å². The van der Waals surface area contributed by atoms with E-state index < -0.39 is 5.63 Å². The van der Waals surface area contributed by atoms with Crippen molar-refractivity contribution in [2.75, 3.05) is 0 Å². The van der Waals surface area contributed by atoms with Gasteiger partial charge in [-0.15, -0.1) is 0 Å². The molecule has 5 nitrogen and oxygen atoms in total. The number of halogens is 1. The normalized spacial score (nSPS) is 11.4. The highest BCUT2D eigenvalue weighted by atomic mass is 19.1. The molecule has 1 amide bonds. The third-order valence-electron chi connectivity index (χ3n) is 5.62. The van der Waals surface area contributed by atoms with Gasteiger partial charge in [0, 0.05) is 11.9 Å². The molecule has 0 aliphatic rings. The minimum Gasteiger partial charge on any atom is -0.460 e. The Labute approximate surface area is 172 Å². The quantitative estimate of drug-likeness (QED) is 0.495. The van der Waals surface area contributed by atoms with E-state index in [4.69, 9.17) is 8.83 Å². The first-order valence-electron chi connectivity index (χ1n) is 9.73. The van der Waals surface area contributed by atoms with E-state index in [2.05, 4.69) is 5.32 Å². The van der Waals surface area contributed by atoms with E-state index in [0.717, 1.165) is 27.8 Å². The van der Waals surface area contributed by atoms with Gasteiger partial charge in [-0.25, -0.2) is 9.18 Å². The Morgan fingerprint density at radius 1 is 1.00 bits per heavy atom. The largest absolute Gasteiger partial charge is 0.460 e. The number of fused-ring (bicyclic) bond motifs is 3. The number of amides is 1. The Morgan fingerprint density at radius 3 is 2.40 bits per heavy atom. The maximum absolute atomic E-state index is 13.0. The Bertz CT molecular complexity index is 1350. The summed E-state index contributed by atoms with van der Waals surface area (Å²) < 4.78 is 24.6. The molecule has 0 saturated carbocycles. The molecule has 4 aromatic rings. The van der Waals surface area contributed by atoms with Crippen LogP contribution in [0.1, 0.15) is 33.6 Å². The topological polar surface area (TPSA) is 72.5 Å². The van der Waals surface area contributed by atoms with Crippen molar-refractivity contribution in [3.05, 3.63) is 80.1 Å². The van der Waals surface area contributed by atoms with Crippen molar-refractivity contribution in [2.24, 2.45) is 0 Å². The van der Waals surface area contributed by atoms with Gasteiger partial charge in [-0.1, -0.05) is 12.1 Å². The highest BCUT2D eigenvalue weighted by Gasteiger charge is 2.21. The number of hydrogen-bond donors (Lipinski definition) is 1. The lowest BCUT2D eigenvalue weighted by atomic mass is 9.98. The second-order valence-corrected chi connectivity index (χ2v) is 7.63. The van der Waals surface area contributed by atoms with Gasteiger partial charge in [-0.2, -0.15) is 0 Å². The fourth-order valence-electron chi connectivity index (χ4n) is 3.86.